The summed E-state index contributed by atoms with van der Waals surface area (Å²) in [7, 11) is 1.59. The second kappa shape index (κ2) is 7.56. The fourth-order valence-electron chi connectivity index (χ4n) is 2.08. The summed E-state index contributed by atoms with van der Waals surface area (Å²) in [6.07, 6.45) is -0.433. The molecular weight excluding hydrogens is 283 g/mol. The molecule has 5 heteroatoms. The lowest BCUT2D eigenvalue weighted by atomic mass is 10.0. The molecule has 1 unspecified atom stereocenters. The number of hydrogen-bond donors (Lipinski definition) is 3. The first kappa shape index (κ1) is 16.0. The van der Waals surface area contributed by atoms with E-state index in [0.29, 0.717) is 6.54 Å². The lowest BCUT2D eigenvalue weighted by Gasteiger charge is -2.14. The fraction of sp³-hybridized carbons (Fsp3) is 0.235. The smallest absolute Gasteiger partial charge is 0.224 e. The molecule has 4 nitrogen and oxygen atoms in total. The van der Waals surface area contributed by atoms with Crippen LogP contribution in [0.2, 0.25) is 0 Å². The Balaban J connectivity index is 1.97. The Morgan fingerprint density at radius 3 is 2.64 bits per heavy atom. The minimum Gasteiger partial charge on any atom is -0.387 e. The van der Waals surface area contributed by atoms with E-state index in [1.807, 2.05) is 24.3 Å². The van der Waals surface area contributed by atoms with Crippen LogP contribution in [0.4, 0.5) is 10.1 Å². The van der Waals surface area contributed by atoms with E-state index in [1.54, 1.807) is 19.2 Å². The first-order chi connectivity index (χ1) is 10.6. The zero-order valence-electron chi connectivity index (χ0n) is 12.3. The van der Waals surface area contributed by atoms with E-state index < -0.39 is 6.10 Å². The number of carbonyl (C=O) groups is 1. The van der Waals surface area contributed by atoms with Crippen LogP contribution in [0.15, 0.2) is 48.5 Å². The van der Waals surface area contributed by atoms with Crippen molar-refractivity contribution in [3.8, 4) is 0 Å². The number of nitrogens with one attached hydrogen (secondary N) is 2. The highest BCUT2D eigenvalue weighted by molar-refractivity contribution is 5.78. The van der Waals surface area contributed by atoms with Gasteiger partial charge < -0.3 is 15.7 Å². The van der Waals surface area contributed by atoms with Gasteiger partial charge in [-0.25, -0.2) is 4.39 Å². The molecule has 3 N–H and O–H groups in total. The van der Waals surface area contributed by atoms with Gasteiger partial charge in [0.2, 0.25) is 5.91 Å². The Hall–Kier alpha value is -2.40. The zero-order chi connectivity index (χ0) is 15.9. The molecule has 2 aromatic carbocycles. The summed E-state index contributed by atoms with van der Waals surface area (Å²) < 4.78 is 12.8. The molecule has 0 aliphatic rings. The van der Waals surface area contributed by atoms with Gasteiger partial charge in [-0.1, -0.05) is 24.3 Å². The Labute approximate surface area is 129 Å². The molecule has 0 radical (unpaired) electrons. The Morgan fingerprint density at radius 1 is 1.23 bits per heavy atom. The van der Waals surface area contributed by atoms with Crippen LogP contribution in [0, 0.1) is 5.82 Å². The van der Waals surface area contributed by atoms with E-state index in [4.69, 9.17) is 0 Å². The molecule has 0 aromatic heterocycles. The van der Waals surface area contributed by atoms with Gasteiger partial charge in [-0.2, -0.15) is 0 Å². The predicted molar refractivity (Wildman–Crippen MR) is 84.1 cm³/mol. The van der Waals surface area contributed by atoms with Crippen LogP contribution >= 0.6 is 0 Å². The molecule has 2 aromatic rings. The van der Waals surface area contributed by atoms with Crippen LogP contribution in [0.5, 0.6) is 0 Å². The number of benzene rings is 2. The summed E-state index contributed by atoms with van der Waals surface area (Å²) in [5.74, 6) is -0.371. The normalized spacial score (nSPS) is 11.8. The van der Waals surface area contributed by atoms with E-state index in [0.717, 1.165) is 16.8 Å². The Morgan fingerprint density at radius 2 is 1.95 bits per heavy atom. The van der Waals surface area contributed by atoms with Gasteiger partial charge in [-0.05, 0) is 35.4 Å². The first-order valence-corrected chi connectivity index (χ1v) is 7.05. The quantitative estimate of drug-likeness (QED) is 0.767. The van der Waals surface area contributed by atoms with Crippen LogP contribution in [0.1, 0.15) is 17.2 Å². The van der Waals surface area contributed by atoms with Crippen LogP contribution in [0.25, 0.3) is 0 Å². The number of rotatable bonds is 6. The van der Waals surface area contributed by atoms with E-state index in [-0.39, 0.29) is 18.1 Å². The maximum atomic E-state index is 12.8. The lowest BCUT2D eigenvalue weighted by molar-refractivity contribution is -0.119. The molecule has 0 saturated heterocycles. The molecule has 0 saturated carbocycles. The Bertz CT molecular complexity index is 629. The third-order valence-electron chi connectivity index (χ3n) is 3.32. The molecule has 0 aliphatic carbocycles. The highest BCUT2D eigenvalue weighted by Gasteiger charge is 2.09. The van der Waals surface area contributed by atoms with Gasteiger partial charge in [-0.15, -0.1) is 0 Å². The van der Waals surface area contributed by atoms with E-state index in [9.17, 15) is 14.3 Å². The molecule has 1 amide bonds. The number of halogens is 1. The first-order valence-electron chi connectivity index (χ1n) is 7.05. The fourth-order valence-corrected chi connectivity index (χ4v) is 2.08. The predicted octanol–water partition coefficient (Wildman–Crippen LogP) is 2.26. The minimum atomic E-state index is -0.713. The second-order valence-electron chi connectivity index (χ2n) is 5.00. The van der Waals surface area contributed by atoms with Crippen molar-refractivity contribution in [1.29, 1.82) is 0 Å². The standard InChI is InChI=1S/C17H19FN2O2/c1-19-17(22)10-12-3-2-4-13(9-12)16(21)11-20-15-7-5-14(18)6-8-15/h2-9,16,20-21H,10-11H2,1H3,(H,19,22). The third-order valence-corrected chi connectivity index (χ3v) is 3.32. The highest BCUT2D eigenvalue weighted by atomic mass is 19.1. The monoisotopic (exact) mass is 302 g/mol. The van der Waals surface area contributed by atoms with Gasteiger partial charge in [-0.3, -0.25) is 4.79 Å². The molecule has 22 heavy (non-hydrogen) atoms. The van der Waals surface area contributed by atoms with E-state index >= 15 is 0 Å². The average molecular weight is 302 g/mol. The largest absolute Gasteiger partial charge is 0.387 e. The summed E-state index contributed by atoms with van der Waals surface area (Å²) in [6, 6.07) is 13.2. The van der Waals surface area contributed by atoms with E-state index in [2.05, 4.69) is 10.6 Å². The number of carbonyl (C=O) groups excluding carboxylic acids is 1. The number of aliphatic hydroxyl groups excluding tert-OH is 1. The lowest BCUT2D eigenvalue weighted by Crippen LogP contribution is -2.20. The van der Waals surface area contributed by atoms with Crippen LogP contribution in [0.3, 0.4) is 0 Å². The van der Waals surface area contributed by atoms with Gasteiger partial charge in [0.15, 0.2) is 0 Å². The van der Waals surface area contributed by atoms with Crippen molar-refractivity contribution in [2.45, 2.75) is 12.5 Å². The molecule has 2 rings (SSSR count). The van der Waals surface area contributed by atoms with Gasteiger partial charge in [0, 0.05) is 19.3 Å². The van der Waals surface area contributed by atoms with Gasteiger partial charge >= 0.3 is 0 Å². The zero-order valence-corrected chi connectivity index (χ0v) is 12.3. The Kier molecular flexibility index (Phi) is 5.49. The van der Waals surface area contributed by atoms with Crippen molar-refractivity contribution in [1.82, 2.24) is 5.32 Å². The molecule has 116 valence electrons. The van der Waals surface area contributed by atoms with Crippen LogP contribution in [-0.4, -0.2) is 24.6 Å². The molecule has 0 heterocycles. The summed E-state index contributed by atoms with van der Waals surface area (Å²) in [6.45, 7) is 0.301. The van der Waals surface area contributed by atoms with Gasteiger partial charge in [0.05, 0.1) is 12.5 Å². The van der Waals surface area contributed by atoms with Crippen molar-refractivity contribution < 1.29 is 14.3 Å². The van der Waals surface area contributed by atoms with Crippen molar-refractivity contribution in [3.05, 3.63) is 65.5 Å². The third kappa shape index (κ3) is 4.56. The SMILES string of the molecule is CNC(=O)Cc1cccc(C(O)CNc2ccc(F)cc2)c1. The van der Waals surface area contributed by atoms with Crippen molar-refractivity contribution >= 4 is 11.6 Å². The number of hydrogen-bond acceptors (Lipinski definition) is 3. The van der Waals surface area contributed by atoms with Crippen molar-refractivity contribution in [2.24, 2.45) is 0 Å². The molecule has 1 atom stereocenters. The number of aliphatic hydroxyl groups is 1. The summed E-state index contributed by atoms with van der Waals surface area (Å²) in [4.78, 5) is 11.4. The number of amides is 1. The maximum absolute atomic E-state index is 12.8. The van der Waals surface area contributed by atoms with Gasteiger partial charge in [0.1, 0.15) is 5.82 Å². The number of likely N-dealkylation sites (N-methyl/N-ethyl adjacent to an activating group) is 1. The molecule has 0 aliphatic heterocycles. The van der Waals surface area contributed by atoms with E-state index in [1.165, 1.54) is 12.1 Å². The van der Waals surface area contributed by atoms with Crippen LogP contribution < -0.4 is 10.6 Å². The molecule has 0 spiro atoms. The maximum Gasteiger partial charge on any atom is 0.224 e. The molecule has 0 fully saturated rings. The minimum absolute atomic E-state index is 0.0731. The van der Waals surface area contributed by atoms with Crippen LogP contribution in [-0.2, 0) is 11.2 Å². The summed E-state index contributed by atoms with van der Waals surface area (Å²) >= 11 is 0. The molecule has 0 bridgehead atoms. The second-order valence-corrected chi connectivity index (χ2v) is 5.00. The summed E-state index contributed by atoms with van der Waals surface area (Å²) in [5, 5.41) is 15.8. The van der Waals surface area contributed by atoms with Crippen molar-refractivity contribution in [2.75, 3.05) is 18.9 Å². The summed E-state index contributed by atoms with van der Waals surface area (Å²) in [5.41, 5.74) is 2.32. The molecular formula is C17H19FN2O2. The average Bonchev–Trinajstić information content (AvgIpc) is 2.54. The van der Waals surface area contributed by atoms with Gasteiger partial charge in [0.25, 0.3) is 0 Å². The topological polar surface area (TPSA) is 61.4 Å². The van der Waals surface area contributed by atoms with Crippen molar-refractivity contribution in [3.63, 3.8) is 0 Å². The number of anilines is 1. The highest BCUT2D eigenvalue weighted by Crippen LogP contribution is 2.17.